The minimum absolute atomic E-state index is 0.680. The van der Waals surface area contributed by atoms with Gasteiger partial charge < -0.3 is 4.74 Å². The average Bonchev–Trinajstić information content (AvgIpc) is 3.52. The maximum atomic E-state index is 6.20. The summed E-state index contributed by atoms with van der Waals surface area (Å²) in [6.07, 6.45) is 7.83. The number of aryl methyl sites for hydroxylation is 1. The Balaban J connectivity index is 1.46. The van der Waals surface area contributed by atoms with Crippen molar-refractivity contribution in [1.82, 2.24) is 14.7 Å². The summed E-state index contributed by atoms with van der Waals surface area (Å²) in [5, 5.41) is 5.91. The third-order valence-electron chi connectivity index (χ3n) is 5.70. The van der Waals surface area contributed by atoms with Crippen molar-refractivity contribution in [2.45, 2.75) is 51.5 Å². The summed E-state index contributed by atoms with van der Waals surface area (Å²) in [6, 6.07) is 15.4. The van der Waals surface area contributed by atoms with Crippen LogP contribution in [0.1, 0.15) is 45.4 Å². The lowest BCUT2D eigenvalue weighted by molar-refractivity contribution is 0.116. The molecule has 0 bridgehead atoms. The predicted octanol–water partition coefficient (Wildman–Crippen LogP) is 6.38. The van der Waals surface area contributed by atoms with E-state index in [0.717, 1.165) is 45.0 Å². The summed E-state index contributed by atoms with van der Waals surface area (Å²) in [7, 11) is 2.00. The summed E-state index contributed by atoms with van der Waals surface area (Å²) in [6.45, 7) is 4.09. The van der Waals surface area contributed by atoms with Crippen molar-refractivity contribution in [3.63, 3.8) is 0 Å². The van der Waals surface area contributed by atoms with Gasteiger partial charge in [0.25, 0.3) is 0 Å². The number of ether oxygens (including phenoxy) is 1. The van der Waals surface area contributed by atoms with Crippen LogP contribution in [0, 0.1) is 0 Å². The highest BCUT2D eigenvalue weighted by atomic mass is 79.9. The van der Waals surface area contributed by atoms with Crippen LogP contribution in [0.2, 0.25) is 0 Å². The van der Waals surface area contributed by atoms with E-state index in [2.05, 4.69) is 70.2 Å². The predicted molar refractivity (Wildman–Crippen MR) is 123 cm³/mol. The van der Waals surface area contributed by atoms with Gasteiger partial charge in [-0.25, -0.2) is 0 Å². The molecule has 0 atom stereocenters. The van der Waals surface area contributed by atoms with E-state index in [1.54, 1.807) is 0 Å². The smallest absolute Gasteiger partial charge is 0.142 e. The van der Waals surface area contributed by atoms with Gasteiger partial charge in [0.1, 0.15) is 18.2 Å². The summed E-state index contributed by atoms with van der Waals surface area (Å²) in [4.78, 5) is 2.51. The molecule has 1 aliphatic rings. The Morgan fingerprint density at radius 1 is 1.10 bits per heavy atom. The molecular weight excluding hydrogens is 426 g/mol. The number of halogens is 1. The topological polar surface area (TPSA) is 30.3 Å². The van der Waals surface area contributed by atoms with E-state index in [4.69, 9.17) is 9.84 Å². The van der Waals surface area contributed by atoms with Crippen LogP contribution in [0.15, 0.2) is 46.9 Å². The maximum absolute atomic E-state index is 6.20. The number of aromatic nitrogens is 2. The third-order valence-corrected chi connectivity index (χ3v) is 6.23. The lowest BCUT2D eigenvalue weighted by Gasteiger charge is -2.22. The van der Waals surface area contributed by atoms with Gasteiger partial charge in [-0.3, -0.25) is 9.58 Å². The largest absolute Gasteiger partial charge is 0.478 e. The maximum Gasteiger partial charge on any atom is 0.142 e. The number of unbranched alkanes of at least 4 members (excludes halogenated alkanes) is 3. The van der Waals surface area contributed by atoms with Crippen molar-refractivity contribution in [1.29, 1.82) is 0 Å². The van der Waals surface area contributed by atoms with Crippen LogP contribution < -0.4 is 4.74 Å². The molecule has 29 heavy (non-hydrogen) atoms. The van der Waals surface area contributed by atoms with Crippen LogP contribution in [0.4, 0.5) is 0 Å². The lowest BCUT2D eigenvalue weighted by atomic mass is 10.1. The van der Waals surface area contributed by atoms with E-state index in [1.807, 2.05) is 11.7 Å². The van der Waals surface area contributed by atoms with Crippen LogP contribution in [-0.4, -0.2) is 34.0 Å². The van der Waals surface area contributed by atoms with Gasteiger partial charge in [0, 0.05) is 41.1 Å². The lowest BCUT2D eigenvalue weighted by Crippen LogP contribution is -2.31. The Morgan fingerprint density at radius 3 is 2.62 bits per heavy atom. The molecule has 2 aromatic carbocycles. The normalized spacial score (nSPS) is 14.1. The number of hydrogen-bond acceptors (Lipinski definition) is 3. The molecule has 4 rings (SSSR count). The van der Waals surface area contributed by atoms with E-state index in [9.17, 15) is 0 Å². The van der Waals surface area contributed by atoms with Gasteiger partial charge in [0.2, 0.25) is 0 Å². The molecule has 5 heteroatoms. The zero-order valence-corrected chi connectivity index (χ0v) is 19.0. The molecule has 4 nitrogen and oxygen atoms in total. The number of nitrogens with zero attached hydrogens (tertiary/aromatic N) is 3. The van der Waals surface area contributed by atoms with Crippen molar-refractivity contribution in [3.05, 3.63) is 46.9 Å². The van der Waals surface area contributed by atoms with E-state index in [0.29, 0.717) is 6.73 Å². The number of benzene rings is 2. The number of fused-ring (bicyclic) bond motifs is 1. The standard InChI is InChI=1S/C24H30BrN3O/c1-3-4-5-6-15-28(20-11-12-20)17-29-21-13-14-22-23(16-21)27(2)26-24(22)18-7-9-19(25)10-8-18/h7-10,13-14,16,20H,3-6,11-12,15,17H2,1-2H3. The molecule has 1 saturated carbocycles. The van der Waals surface area contributed by atoms with Crippen molar-refractivity contribution in [2.24, 2.45) is 7.05 Å². The fourth-order valence-electron chi connectivity index (χ4n) is 3.84. The molecule has 0 unspecified atom stereocenters. The van der Waals surface area contributed by atoms with Crippen molar-refractivity contribution >= 4 is 26.8 Å². The molecule has 1 fully saturated rings. The molecule has 154 valence electrons. The summed E-state index contributed by atoms with van der Waals surface area (Å²) in [5.41, 5.74) is 3.23. The van der Waals surface area contributed by atoms with Gasteiger partial charge in [-0.05, 0) is 43.5 Å². The first-order chi connectivity index (χ1) is 14.2. The Kier molecular flexibility index (Phi) is 6.56. The Labute approximate surface area is 182 Å². The van der Waals surface area contributed by atoms with Crippen LogP contribution in [0.5, 0.6) is 5.75 Å². The monoisotopic (exact) mass is 455 g/mol. The molecule has 3 aromatic rings. The van der Waals surface area contributed by atoms with Gasteiger partial charge in [-0.15, -0.1) is 0 Å². The van der Waals surface area contributed by atoms with Gasteiger partial charge >= 0.3 is 0 Å². The fourth-order valence-corrected chi connectivity index (χ4v) is 4.10. The Hall–Kier alpha value is -1.85. The first-order valence-corrected chi connectivity index (χ1v) is 11.5. The average molecular weight is 456 g/mol. The summed E-state index contributed by atoms with van der Waals surface area (Å²) in [5.74, 6) is 0.919. The van der Waals surface area contributed by atoms with Crippen molar-refractivity contribution < 1.29 is 4.74 Å². The van der Waals surface area contributed by atoms with Crippen LogP contribution in [0.3, 0.4) is 0 Å². The van der Waals surface area contributed by atoms with E-state index < -0.39 is 0 Å². The highest BCUT2D eigenvalue weighted by molar-refractivity contribution is 9.10. The second kappa shape index (κ2) is 9.31. The zero-order valence-electron chi connectivity index (χ0n) is 17.4. The number of hydrogen-bond donors (Lipinski definition) is 0. The summed E-state index contributed by atoms with van der Waals surface area (Å²) >= 11 is 3.50. The number of rotatable bonds is 10. The zero-order chi connectivity index (χ0) is 20.2. The van der Waals surface area contributed by atoms with Gasteiger partial charge in [-0.1, -0.05) is 54.2 Å². The van der Waals surface area contributed by atoms with Gasteiger partial charge in [0.15, 0.2) is 0 Å². The second-order valence-corrected chi connectivity index (χ2v) is 8.95. The minimum Gasteiger partial charge on any atom is -0.478 e. The first-order valence-electron chi connectivity index (χ1n) is 10.7. The Bertz CT molecular complexity index is 947. The van der Waals surface area contributed by atoms with Crippen LogP contribution in [-0.2, 0) is 7.05 Å². The molecule has 0 N–H and O–H groups in total. The molecule has 0 amide bonds. The van der Waals surface area contributed by atoms with E-state index in [-0.39, 0.29) is 0 Å². The quantitative estimate of drug-likeness (QED) is 0.262. The van der Waals surface area contributed by atoms with Gasteiger partial charge in [-0.2, -0.15) is 5.10 Å². The molecule has 0 radical (unpaired) electrons. The summed E-state index contributed by atoms with van der Waals surface area (Å²) < 4.78 is 9.22. The third kappa shape index (κ3) is 5.01. The van der Waals surface area contributed by atoms with E-state index in [1.165, 1.54) is 38.5 Å². The van der Waals surface area contributed by atoms with E-state index >= 15 is 0 Å². The van der Waals surface area contributed by atoms with Crippen molar-refractivity contribution in [2.75, 3.05) is 13.3 Å². The van der Waals surface area contributed by atoms with Gasteiger partial charge in [0.05, 0.1) is 5.52 Å². The molecule has 0 spiro atoms. The molecule has 1 aliphatic carbocycles. The molecule has 1 aromatic heterocycles. The van der Waals surface area contributed by atoms with Crippen LogP contribution in [0.25, 0.3) is 22.2 Å². The molecule has 0 aliphatic heterocycles. The molecule has 0 saturated heterocycles. The molecule has 1 heterocycles. The second-order valence-electron chi connectivity index (χ2n) is 8.04. The molecular formula is C24H30BrN3O. The van der Waals surface area contributed by atoms with Crippen molar-refractivity contribution in [3.8, 4) is 17.0 Å². The first kappa shape index (κ1) is 20.4. The minimum atomic E-state index is 0.680. The highest BCUT2D eigenvalue weighted by Gasteiger charge is 2.28. The SMILES string of the molecule is CCCCCCN(COc1ccc2c(-c3ccc(Br)cc3)nn(C)c2c1)C1CC1. The van der Waals surface area contributed by atoms with Crippen LogP contribution >= 0.6 is 15.9 Å². The fraction of sp³-hybridized carbons (Fsp3) is 0.458. The highest BCUT2D eigenvalue weighted by Crippen LogP contribution is 2.32. The Morgan fingerprint density at radius 2 is 1.90 bits per heavy atom.